The van der Waals surface area contributed by atoms with Crippen molar-refractivity contribution in [3.63, 3.8) is 0 Å². The third kappa shape index (κ3) is 3.58. The molecule has 0 aliphatic carbocycles. The zero-order chi connectivity index (χ0) is 13.7. The van der Waals surface area contributed by atoms with Crippen LogP contribution in [-0.4, -0.2) is 78.0 Å². The van der Waals surface area contributed by atoms with Gasteiger partial charge in [-0.2, -0.15) is 0 Å². The van der Waals surface area contributed by atoms with Crippen LogP contribution in [0.3, 0.4) is 0 Å². The molecule has 1 saturated heterocycles. The summed E-state index contributed by atoms with van der Waals surface area (Å²) >= 11 is 0. The number of carbonyl (C=O) groups is 2. The van der Waals surface area contributed by atoms with Crippen LogP contribution in [0.1, 0.15) is 12.8 Å². The Hall–Kier alpha value is -1.34. The van der Waals surface area contributed by atoms with E-state index in [0.717, 1.165) is 0 Å². The molecular formula is C11H20N2O5. The van der Waals surface area contributed by atoms with E-state index in [1.165, 1.54) is 16.9 Å². The molecule has 1 heterocycles. The quantitative estimate of drug-likeness (QED) is 0.701. The molecule has 1 fully saturated rings. The number of urea groups is 1. The molecule has 2 atom stereocenters. The number of carbonyl (C=O) groups excluding carboxylic acids is 1. The Kier molecular flexibility index (Phi) is 5.36. The van der Waals surface area contributed by atoms with E-state index >= 15 is 0 Å². The maximum Gasteiger partial charge on any atom is 0.326 e. The van der Waals surface area contributed by atoms with Crippen molar-refractivity contribution in [2.24, 2.45) is 0 Å². The molecule has 0 spiro atoms. The number of likely N-dealkylation sites (N-methyl/N-ethyl adjacent to an activating group) is 1. The summed E-state index contributed by atoms with van der Waals surface area (Å²) in [6, 6.07) is -1.12. The summed E-state index contributed by atoms with van der Waals surface area (Å²) in [7, 11) is 3.00. The Balaban J connectivity index is 2.55. The van der Waals surface area contributed by atoms with Crippen molar-refractivity contribution in [2.75, 3.05) is 33.9 Å². The number of amides is 2. The fourth-order valence-corrected chi connectivity index (χ4v) is 2.11. The van der Waals surface area contributed by atoms with Gasteiger partial charge in [-0.3, -0.25) is 0 Å². The lowest BCUT2D eigenvalue weighted by atomic mass is 10.2. The van der Waals surface area contributed by atoms with Crippen LogP contribution in [0.2, 0.25) is 0 Å². The number of likely N-dealkylation sites (tertiary alicyclic amines) is 1. The minimum atomic E-state index is -0.980. The highest BCUT2D eigenvalue weighted by atomic mass is 16.5. The first-order chi connectivity index (χ1) is 8.47. The van der Waals surface area contributed by atoms with Crippen LogP contribution < -0.4 is 0 Å². The molecule has 18 heavy (non-hydrogen) atoms. The molecule has 7 nitrogen and oxygen atoms in total. The van der Waals surface area contributed by atoms with Gasteiger partial charge in [0.05, 0.1) is 19.3 Å². The van der Waals surface area contributed by atoms with Gasteiger partial charge < -0.3 is 24.7 Å². The molecule has 2 N–H and O–H groups in total. The number of aliphatic hydroxyl groups excluding tert-OH is 1. The highest BCUT2D eigenvalue weighted by Crippen LogP contribution is 2.18. The van der Waals surface area contributed by atoms with Crippen molar-refractivity contribution < 1.29 is 24.5 Å². The van der Waals surface area contributed by atoms with Crippen LogP contribution in [0.25, 0.3) is 0 Å². The summed E-state index contributed by atoms with van der Waals surface area (Å²) in [5.74, 6) is -0.980. The smallest absolute Gasteiger partial charge is 0.326 e. The molecule has 1 aliphatic rings. The fraction of sp³-hybridized carbons (Fsp3) is 0.818. The summed E-state index contributed by atoms with van der Waals surface area (Å²) < 4.78 is 4.77. The van der Waals surface area contributed by atoms with Gasteiger partial charge in [0.25, 0.3) is 0 Å². The zero-order valence-electron chi connectivity index (χ0n) is 10.7. The van der Waals surface area contributed by atoms with Crippen LogP contribution in [0.4, 0.5) is 4.79 Å². The third-order valence-electron chi connectivity index (χ3n) is 2.95. The van der Waals surface area contributed by atoms with Gasteiger partial charge in [-0.1, -0.05) is 0 Å². The van der Waals surface area contributed by atoms with Gasteiger partial charge >= 0.3 is 12.0 Å². The van der Waals surface area contributed by atoms with Crippen molar-refractivity contribution >= 4 is 12.0 Å². The van der Waals surface area contributed by atoms with Crippen molar-refractivity contribution in [3.05, 3.63) is 0 Å². The molecule has 1 aliphatic heterocycles. The van der Waals surface area contributed by atoms with Crippen LogP contribution in [-0.2, 0) is 9.53 Å². The van der Waals surface area contributed by atoms with E-state index in [4.69, 9.17) is 9.84 Å². The third-order valence-corrected chi connectivity index (χ3v) is 2.95. The normalized spacial score (nSPS) is 20.8. The number of nitrogens with zero attached hydrogens (tertiary/aromatic N) is 2. The summed E-state index contributed by atoms with van der Waals surface area (Å²) in [4.78, 5) is 25.7. The fourth-order valence-electron chi connectivity index (χ4n) is 2.11. The number of rotatable bonds is 5. The number of hydrogen-bond donors (Lipinski definition) is 2. The monoisotopic (exact) mass is 260 g/mol. The van der Waals surface area contributed by atoms with E-state index in [9.17, 15) is 14.7 Å². The maximum absolute atomic E-state index is 12.0. The highest BCUT2D eigenvalue weighted by Gasteiger charge is 2.35. The topological polar surface area (TPSA) is 90.3 Å². The zero-order valence-corrected chi connectivity index (χ0v) is 10.7. The van der Waals surface area contributed by atoms with Gasteiger partial charge in [-0.05, 0) is 12.8 Å². The number of ether oxygens (including phenoxy) is 1. The molecule has 0 aromatic rings. The van der Waals surface area contributed by atoms with Gasteiger partial charge in [0.2, 0.25) is 0 Å². The molecule has 0 bridgehead atoms. The number of aliphatic carboxylic acids is 1. The van der Waals surface area contributed by atoms with E-state index in [0.29, 0.717) is 19.4 Å². The summed E-state index contributed by atoms with van der Waals surface area (Å²) in [5, 5.41) is 18.5. The molecular weight excluding hydrogens is 240 g/mol. The molecule has 0 aromatic carbocycles. The van der Waals surface area contributed by atoms with Crippen LogP contribution in [0.15, 0.2) is 0 Å². The maximum atomic E-state index is 12.0. The second kappa shape index (κ2) is 6.55. The number of carboxylic acid groups (broad SMARTS) is 1. The lowest BCUT2D eigenvalue weighted by molar-refractivity contribution is -0.141. The Morgan fingerprint density at radius 3 is 2.78 bits per heavy atom. The first-order valence-corrected chi connectivity index (χ1v) is 5.89. The molecule has 0 radical (unpaired) electrons. The first kappa shape index (κ1) is 14.7. The summed E-state index contributed by atoms with van der Waals surface area (Å²) in [6.07, 6.45) is 0.405. The largest absolute Gasteiger partial charge is 0.480 e. The predicted molar refractivity (Wildman–Crippen MR) is 63.3 cm³/mol. The van der Waals surface area contributed by atoms with Gasteiger partial charge in [0, 0.05) is 20.7 Å². The molecule has 1 rings (SSSR count). The summed E-state index contributed by atoms with van der Waals surface area (Å²) in [6.45, 7) is 0.704. The van der Waals surface area contributed by atoms with Crippen molar-refractivity contribution in [1.82, 2.24) is 9.80 Å². The van der Waals surface area contributed by atoms with E-state index in [-0.39, 0.29) is 19.2 Å². The van der Waals surface area contributed by atoms with Crippen molar-refractivity contribution in [2.45, 2.75) is 25.0 Å². The van der Waals surface area contributed by atoms with Crippen LogP contribution in [0.5, 0.6) is 0 Å². The molecule has 7 heteroatoms. The minimum Gasteiger partial charge on any atom is -0.480 e. The number of aliphatic hydroxyl groups is 1. The summed E-state index contributed by atoms with van der Waals surface area (Å²) in [5.41, 5.74) is 0. The molecule has 104 valence electrons. The van der Waals surface area contributed by atoms with E-state index in [2.05, 4.69) is 0 Å². The average Bonchev–Trinajstić information content (AvgIpc) is 2.76. The second-order valence-corrected chi connectivity index (χ2v) is 4.46. The van der Waals surface area contributed by atoms with Gasteiger partial charge in [0.1, 0.15) is 6.04 Å². The first-order valence-electron chi connectivity index (χ1n) is 5.89. The minimum absolute atomic E-state index is 0.121. The highest BCUT2D eigenvalue weighted by molar-refractivity contribution is 5.83. The Bertz CT molecular complexity index is 310. The molecule has 0 saturated carbocycles. The van der Waals surface area contributed by atoms with Crippen molar-refractivity contribution in [1.29, 1.82) is 0 Å². The Labute approximate surface area is 106 Å². The van der Waals surface area contributed by atoms with Crippen molar-refractivity contribution in [3.8, 4) is 0 Å². The lowest BCUT2D eigenvalue weighted by Gasteiger charge is -2.28. The van der Waals surface area contributed by atoms with E-state index in [1.54, 1.807) is 7.05 Å². The van der Waals surface area contributed by atoms with Gasteiger partial charge in [0.15, 0.2) is 0 Å². The van der Waals surface area contributed by atoms with Crippen LogP contribution in [0, 0.1) is 0 Å². The number of hydrogen-bond acceptors (Lipinski definition) is 4. The molecule has 1 unspecified atom stereocenters. The predicted octanol–water partition coefficient (Wildman–Crippen LogP) is -0.405. The van der Waals surface area contributed by atoms with E-state index in [1.807, 2.05) is 0 Å². The Morgan fingerprint density at radius 2 is 2.22 bits per heavy atom. The van der Waals surface area contributed by atoms with Gasteiger partial charge in [-0.15, -0.1) is 0 Å². The van der Waals surface area contributed by atoms with E-state index < -0.39 is 18.1 Å². The molecule has 0 aromatic heterocycles. The molecule has 2 amide bonds. The second-order valence-electron chi connectivity index (χ2n) is 4.46. The Morgan fingerprint density at radius 1 is 1.56 bits per heavy atom. The lowest BCUT2D eigenvalue weighted by Crippen LogP contribution is -2.48. The number of carboxylic acids is 1. The average molecular weight is 260 g/mol. The number of methoxy groups -OCH3 is 1. The standard InChI is InChI=1S/C11H20N2O5/c1-12(6-8(14)7-18-2)11(17)13-5-3-4-9(13)10(15)16/h8-9,14H,3-7H2,1-2H3,(H,15,16)/t8?,9-/m1/s1. The SMILES string of the molecule is COCC(O)CN(C)C(=O)N1CCC[C@@H]1C(=O)O. The van der Waals surface area contributed by atoms with Gasteiger partial charge in [-0.25, -0.2) is 9.59 Å². The van der Waals surface area contributed by atoms with Crippen LogP contribution >= 0.6 is 0 Å².